The average Bonchev–Trinajstić information content (AvgIpc) is 2.60. The standard InChI is InChI=1S/C20H23NO2/c1-3-13-20(2,15-21)16-23-19-11-9-18(10-12-19)22-14-17-7-5-4-6-8-17/h4-12H,3,13-14,16H2,1-2H3. The van der Waals surface area contributed by atoms with Crippen molar-refractivity contribution in [1.82, 2.24) is 0 Å². The Morgan fingerprint density at radius 1 is 0.957 bits per heavy atom. The van der Waals surface area contributed by atoms with Crippen LogP contribution in [0.1, 0.15) is 32.3 Å². The highest BCUT2D eigenvalue weighted by Crippen LogP contribution is 2.25. The van der Waals surface area contributed by atoms with E-state index in [1.54, 1.807) is 0 Å². The fourth-order valence-electron chi connectivity index (χ4n) is 2.33. The van der Waals surface area contributed by atoms with Crippen LogP contribution in [0.5, 0.6) is 11.5 Å². The minimum atomic E-state index is -0.433. The SMILES string of the molecule is CCCC(C)(C#N)COc1ccc(OCc2ccccc2)cc1. The molecule has 0 N–H and O–H groups in total. The van der Waals surface area contributed by atoms with E-state index >= 15 is 0 Å². The number of rotatable bonds is 8. The van der Waals surface area contributed by atoms with Gasteiger partial charge in [0.25, 0.3) is 0 Å². The monoisotopic (exact) mass is 309 g/mol. The van der Waals surface area contributed by atoms with E-state index in [9.17, 15) is 5.26 Å². The van der Waals surface area contributed by atoms with E-state index in [2.05, 4.69) is 13.0 Å². The van der Waals surface area contributed by atoms with Crippen LogP contribution in [0.25, 0.3) is 0 Å². The van der Waals surface area contributed by atoms with Crippen molar-refractivity contribution in [3.8, 4) is 17.6 Å². The molecule has 0 heterocycles. The first-order valence-corrected chi connectivity index (χ1v) is 7.96. The second-order valence-corrected chi connectivity index (χ2v) is 5.96. The van der Waals surface area contributed by atoms with Crippen LogP contribution in [0.15, 0.2) is 54.6 Å². The maximum absolute atomic E-state index is 9.27. The average molecular weight is 309 g/mol. The molecule has 0 saturated carbocycles. The first-order valence-electron chi connectivity index (χ1n) is 7.96. The third-order valence-corrected chi connectivity index (χ3v) is 3.70. The molecule has 3 nitrogen and oxygen atoms in total. The summed E-state index contributed by atoms with van der Waals surface area (Å²) in [7, 11) is 0. The van der Waals surface area contributed by atoms with E-state index in [0.29, 0.717) is 13.2 Å². The van der Waals surface area contributed by atoms with Gasteiger partial charge in [-0.1, -0.05) is 43.7 Å². The van der Waals surface area contributed by atoms with Gasteiger partial charge in [0.15, 0.2) is 0 Å². The topological polar surface area (TPSA) is 42.2 Å². The Hall–Kier alpha value is -2.47. The number of nitriles is 1. The summed E-state index contributed by atoms with van der Waals surface area (Å²) in [6.07, 6.45) is 1.81. The van der Waals surface area contributed by atoms with E-state index in [4.69, 9.17) is 9.47 Å². The molecule has 1 atom stereocenters. The number of ether oxygens (including phenoxy) is 2. The summed E-state index contributed by atoms with van der Waals surface area (Å²) in [5.74, 6) is 1.56. The van der Waals surface area contributed by atoms with Gasteiger partial charge in [-0.15, -0.1) is 0 Å². The van der Waals surface area contributed by atoms with Gasteiger partial charge in [0, 0.05) is 0 Å². The molecular formula is C20H23NO2. The summed E-state index contributed by atoms with van der Waals surface area (Å²) >= 11 is 0. The van der Waals surface area contributed by atoms with Crippen LogP contribution in [0.4, 0.5) is 0 Å². The van der Waals surface area contributed by atoms with Crippen LogP contribution in [-0.2, 0) is 6.61 Å². The van der Waals surface area contributed by atoms with E-state index in [1.165, 1.54) is 0 Å². The number of nitrogens with zero attached hydrogens (tertiary/aromatic N) is 1. The Morgan fingerprint density at radius 3 is 2.13 bits per heavy atom. The predicted octanol–water partition coefficient (Wildman–Crippen LogP) is 4.97. The second-order valence-electron chi connectivity index (χ2n) is 5.96. The summed E-state index contributed by atoms with van der Waals surface area (Å²) in [6.45, 7) is 4.97. The fraction of sp³-hybridized carbons (Fsp3) is 0.350. The molecule has 3 heteroatoms. The third-order valence-electron chi connectivity index (χ3n) is 3.70. The van der Waals surface area contributed by atoms with Crippen LogP contribution in [0, 0.1) is 16.7 Å². The van der Waals surface area contributed by atoms with Crippen molar-refractivity contribution in [2.45, 2.75) is 33.3 Å². The molecule has 0 aliphatic carbocycles. The predicted molar refractivity (Wildman–Crippen MR) is 91.3 cm³/mol. The highest BCUT2D eigenvalue weighted by molar-refractivity contribution is 5.31. The molecule has 0 aromatic heterocycles. The van der Waals surface area contributed by atoms with Crippen LogP contribution >= 0.6 is 0 Å². The molecule has 0 amide bonds. The summed E-state index contributed by atoms with van der Waals surface area (Å²) in [5.41, 5.74) is 0.703. The molecule has 23 heavy (non-hydrogen) atoms. The fourth-order valence-corrected chi connectivity index (χ4v) is 2.33. The highest BCUT2D eigenvalue weighted by Gasteiger charge is 2.23. The largest absolute Gasteiger partial charge is 0.492 e. The minimum absolute atomic E-state index is 0.404. The van der Waals surface area contributed by atoms with Crippen LogP contribution in [-0.4, -0.2) is 6.61 Å². The van der Waals surface area contributed by atoms with Gasteiger partial charge >= 0.3 is 0 Å². The van der Waals surface area contributed by atoms with Gasteiger partial charge in [-0.05, 0) is 43.2 Å². The zero-order chi connectivity index (χ0) is 16.5. The van der Waals surface area contributed by atoms with Gasteiger partial charge in [0.1, 0.15) is 24.7 Å². The zero-order valence-corrected chi connectivity index (χ0v) is 13.8. The second kappa shape index (κ2) is 8.24. The number of hydrogen-bond donors (Lipinski definition) is 0. The Bertz CT molecular complexity index is 631. The Balaban J connectivity index is 1.86. The van der Waals surface area contributed by atoms with Gasteiger partial charge < -0.3 is 9.47 Å². The number of benzene rings is 2. The summed E-state index contributed by atoms with van der Waals surface area (Å²) < 4.78 is 11.5. The molecule has 2 aromatic rings. The lowest BCUT2D eigenvalue weighted by atomic mass is 9.88. The quantitative estimate of drug-likeness (QED) is 0.691. The summed E-state index contributed by atoms with van der Waals surface area (Å²) in [5, 5.41) is 9.27. The first kappa shape index (κ1) is 16.9. The van der Waals surface area contributed by atoms with Crippen LogP contribution < -0.4 is 9.47 Å². The van der Waals surface area contributed by atoms with Crippen LogP contribution in [0.3, 0.4) is 0 Å². The smallest absolute Gasteiger partial charge is 0.120 e. The minimum Gasteiger partial charge on any atom is -0.492 e. The van der Waals surface area contributed by atoms with Gasteiger partial charge in [0.05, 0.1) is 11.5 Å². The summed E-state index contributed by atoms with van der Waals surface area (Å²) in [4.78, 5) is 0. The summed E-state index contributed by atoms with van der Waals surface area (Å²) in [6, 6.07) is 19.9. The van der Waals surface area contributed by atoms with E-state index in [-0.39, 0.29) is 0 Å². The van der Waals surface area contributed by atoms with E-state index in [0.717, 1.165) is 29.9 Å². The van der Waals surface area contributed by atoms with Gasteiger partial charge in [0.2, 0.25) is 0 Å². The molecule has 0 spiro atoms. The maximum Gasteiger partial charge on any atom is 0.120 e. The molecule has 2 rings (SSSR count). The maximum atomic E-state index is 9.27. The number of hydrogen-bond acceptors (Lipinski definition) is 3. The Morgan fingerprint density at radius 2 is 1.57 bits per heavy atom. The van der Waals surface area contributed by atoms with Gasteiger partial charge in [-0.3, -0.25) is 0 Å². The van der Waals surface area contributed by atoms with Crippen molar-refractivity contribution in [3.63, 3.8) is 0 Å². The van der Waals surface area contributed by atoms with Gasteiger partial charge in [-0.25, -0.2) is 0 Å². The lowest BCUT2D eigenvalue weighted by Crippen LogP contribution is -2.23. The van der Waals surface area contributed by atoms with Crippen LogP contribution in [0.2, 0.25) is 0 Å². The van der Waals surface area contributed by atoms with Crippen molar-refractivity contribution >= 4 is 0 Å². The molecule has 0 aliphatic rings. The molecule has 0 saturated heterocycles. The zero-order valence-electron chi connectivity index (χ0n) is 13.8. The van der Waals surface area contributed by atoms with E-state index in [1.807, 2.05) is 61.5 Å². The van der Waals surface area contributed by atoms with E-state index < -0.39 is 5.41 Å². The molecule has 2 aromatic carbocycles. The third kappa shape index (κ3) is 5.34. The van der Waals surface area contributed by atoms with Crippen molar-refractivity contribution in [1.29, 1.82) is 5.26 Å². The van der Waals surface area contributed by atoms with Crippen molar-refractivity contribution in [3.05, 3.63) is 60.2 Å². The Labute approximate surface area is 138 Å². The Kier molecular flexibility index (Phi) is 6.05. The molecular weight excluding hydrogens is 286 g/mol. The normalized spacial score (nSPS) is 12.9. The molecule has 0 radical (unpaired) electrons. The first-order chi connectivity index (χ1) is 11.1. The van der Waals surface area contributed by atoms with Gasteiger partial charge in [-0.2, -0.15) is 5.26 Å². The molecule has 0 aliphatic heterocycles. The highest BCUT2D eigenvalue weighted by atomic mass is 16.5. The molecule has 0 fully saturated rings. The molecule has 120 valence electrons. The molecule has 1 unspecified atom stereocenters. The lowest BCUT2D eigenvalue weighted by Gasteiger charge is -2.21. The van der Waals surface area contributed by atoms with Crippen molar-refractivity contribution in [2.75, 3.05) is 6.61 Å². The van der Waals surface area contributed by atoms with Crippen molar-refractivity contribution < 1.29 is 9.47 Å². The molecule has 0 bridgehead atoms. The lowest BCUT2D eigenvalue weighted by molar-refractivity contribution is 0.201. The van der Waals surface area contributed by atoms with Crippen molar-refractivity contribution in [2.24, 2.45) is 5.41 Å².